The molecule has 12 heteroatoms. The van der Waals surface area contributed by atoms with Gasteiger partial charge in [0.2, 0.25) is 0 Å². The molecule has 0 heterocycles. The van der Waals surface area contributed by atoms with Gasteiger partial charge in [-0.15, -0.1) is 0 Å². The van der Waals surface area contributed by atoms with E-state index in [0.29, 0.717) is 0 Å². The third-order valence-corrected chi connectivity index (χ3v) is 1.29. The van der Waals surface area contributed by atoms with Crippen LogP contribution >= 0.6 is 0 Å². The number of rotatable bonds is 5. The van der Waals surface area contributed by atoms with Gasteiger partial charge in [-0.3, -0.25) is 9.59 Å². The van der Waals surface area contributed by atoms with E-state index in [-0.39, 0.29) is 37.7 Å². The number of hydrogen-bond donors (Lipinski definition) is 4. The van der Waals surface area contributed by atoms with Crippen LogP contribution < -0.4 is 10.2 Å². The van der Waals surface area contributed by atoms with Crippen LogP contribution in [0.5, 0.6) is 0 Å². The van der Waals surface area contributed by atoms with Crippen molar-refractivity contribution in [3.8, 4) is 0 Å². The summed E-state index contributed by atoms with van der Waals surface area (Å²) in [5.41, 5.74) is -2.74. The summed E-state index contributed by atoms with van der Waals surface area (Å²) in [6.07, 6.45) is -2.29. The summed E-state index contributed by atoms with van der Waals surface area (Å²) in [7, 11) is 0. The van der Waals surface area contributed by atoms with Crippen LogP contribution in [0.25, 0.3) is 0 Å². The Bertz CT molecular complexity index is 368. The normalized spacial score (nSPS) is 8.68. The molecule has 0 aromatic rings. The Morgan fingerprint density at radius 1 is 0.818 bits per heavy atom. The van der Waals surface area contributed by atoms with Crippen LogP contribution in [-0.2, 0) is 24.0 Å². The maximum atomic E-state index is 10.3. The third kappa shape index (κ3) is 27.0. The second-order valence-corrected chi connectivity index (χ2v) is 3.46. The van der Waals surface area contributed by atoms with Gasteiger partial charge in [-0.25, -0.2) is 4.79 Å². The van der Waals surface area contributed by atoms with Crippen molar-refractivity contribution in [3.63, 3.8) is 0 Å². The van der Waals surface area contributed by atoms with Crippen LogP contribution in [0.1, 0.15) is 26.7 Å². The number of hydrogen-bond acceptors (Lipinski definition) is 8. The first kappa shape index (κ1) is 28.7. The Balaban J connectivity index is -0.000000150. The van der Waals surface area contributed by atoms with Crippen molar-refractivity contribution < 1.29 is 54.6 Å². The van der Waals surface area contributed by atoms with E-state index in [1.54, 1.807) is 0 Å². The predicted molar refractivity (Wildman–Crippen MR) is 64.2 cm³/mol. The summed E-state index contributed by atoms with van der Waals surface area (Å²) in [6, 6.07) is 0. The van der Waals surface area contributed by atoms with Gasteiger partial charge < -0.3 is 40.2 Å². The monoisotopic (exact) mass is 350 g/mol. The van der Waals surface area contributed by atoms with Crippen LogP contribution in [0.2, 0.25) is 0 Å². The van der Waals surface area contributed by atoms with Crippen molar-refractivity contribution in [2.45, 2.75) is 32.3 Å². The van der Waals surface area contributed by atoms with Crippen LogP contribution in [0.15, 0.2) is 0 Å². The molecular weight excluding hydrogens is 336 g/mol. The summed E-state index contributed by atoms with van der Waals surface area (Å²) in [4.78, 5) is 48.3. The number of carboxylic acid groups (broad SMARTS) is 5. The Labute approximate surface area is 154 Å². The minimum atomic E-state index is -2.74. The molecule has 0 spiro atoms. The molecule has 0 radical (unpaired) electrons. The zero-order chi connectivity index (χ0) is 17.8. The van der Waals surface area contributed by atoms with E-state index in [0.717, 1.165) is 13.8 Å². The Morgan fingerprint density at radius 3 is 1.09 bits per heavy atom. The summed E-state index contributed by atoms with van der Waals surface area (Å²) in [5.74, 6) is -7.19. The first-order chi connectivity index (χ1) is 9.24. The van der Waals surface area contributed by atoms with Crippen LogP contribution in [0.4, 0.5) is 0 Å². The Morgan fingerprint density at radius 2 is 1.00 bits per heavy atom. The molecule has 0 aliphatic rings. The van der Waals surface area contributed by atoms with Crippen molar-refractivity contribution in [3.05, 3.63) is 0 Å². The molecule has 0 unspecified atom stereocenters. The van der Waals surface area contributed by atoms with Gasteiger partial charge in [0.25, 0.3) is 0 Å². The van der Waals surface area contributed by atoms with Gasteiger partial charge in [-0.2, -0.15) is 0 Å². The van der Waals surface area contributed by atoms with Crippen molar-refractivity contribution in [1.82, 2.24) is 0 Å². The number of aliphatic hydroxyl groups is 1. The molecule has 0 aliphatic carbocycles. The maximum Gasteiger partial charge on any atom is 2.00 e. The quantitative estimate of drug-likeness (QED) is 0.349. The predicted octanol–water partition coefficient (Wildman–Crippen LogP) is -4.12. The van der Waals surface area contributed by atoms with E-state index >= 15 is 0 Å². The SMILES string of the molecule is CC(=O)[O-].CC(=O)[O-].O=C(O)CC(O)(CC(=O)O)C(=O)O.[Ca+2]. The van der Waals surface area contributed by atoms with Crippen molar-refractivity contribution in [2.75, 3.05) is 0 Å². The third-order valence-electron chi connectivity index (χ3n) is 1.29. The molecule has 0 aromatic heterocycles. The van der Waals surface area contributed by atoms with Gasteiger partial charge in [-0.1, -0.05) is 0 Å². The van der Waals surface area contributed by atoms with Gasteiger partial charge in [0, 0.05) is 11.9 Å². The average Bonchev–Trinajstić information content (AvgIpc) is 2.11. The van der Waals surface area contributed by atoms with Gasteiger partial charge in [0.05, 0.1) is 12.8 Å². The molecule has 0 saturated heterocycles. The topological polar surface area (TPSA) is 212 Å². The summed E-state index contributed by atoms with van der Waals surface area (Å²) in [5, 5.41) is 51.6. The van der Waals surface area contributed by atoms with Crippen LogP contribution in [0.3, 0.4) is 0 Å². The van der Waals surface area contributed by atoms with Crippen LogP contribution in [-0.4, -0.2) is 93.6 Å². The van der Waals surface area contributed by atoms with E-state index in [4.69, 9.17) is 40.2 Å². The minimum absolute atomic E-state index is 0. The van der Waals surface area contributed by atoms with Gasteiger partial charge >= 0.3 is 55.6 Å². The molecule has 122 valence electrons. The summed E-state index contributed by atoms with van der Waals surface area (Å²) in [6.45, 7) is 1.94. The zero-order valence-electron chi connectivity index (χ0n) is 11.8. The molecule has 0 amide bonds. The van der Waals surface area contributed by atoms with Crippen LogP contribution in [0, 0.1) is 0 Å². The van der Waals surface area contributed by atoms with E-state index < -0.39 is 48.3 Å². The molecule has 0 atom stereocenters. The minimum Gasteiger partial charge on any atom is -0.550 e. The number of carbonyl (C=O) groups excluding carboxylic acids is 2. The molecule has 4 N–H and O–H groups in total. The molecule has 0 saturated carbocycles. The molecule has 0 aliphatic heterocycles. The molecular formula is C10H14CaO11. The van der Waals surface area contributed by atoms with E-state index in [1.807, 2.05) is 0 Å². The van der Waals surface area contributed by atoms with Crippen molar-refractivity contribution in [2.24, 2.45) is 0 Å². The largest absolute Gasteiger partial charge is 2.00 e. The summed E-state index contributed by atoms with van der Waals surface area (Å²) >= 11 is 0. The fourth-order valence-electron chi connectivity index (χ4n) is 0.714. The number of carboxylic acids is 5. The van der Waals surface area contributed by atoms with Crippen molar-refractivity contribution in [1.29, 1.82) is 0 Å². The average molecular weight is 350 g/mol. The fourth-order valence-corrected chi connectivity index (χ4v) is 0.714. The molecule has 22 heavy (non-hydrogen) atoms. The first-order valence-electron chi connectivity index (χ1n) is 4.99. The second-order valence-electron chi connectivity index (χ2n) is 3.46. The van der Waals surface area contributed by atoms with Gasteiger partial charge in [0.15, 0.2) is 5.60 Å². The zero-order valence-corrected chi connectivity index (χ0v) is 14.0. The molecule has 0 bridgehead atoms. The van der Waals surface area contributed by atoms with E-state index in [1.165, 1.54) is 0 Å². The Kier molecular flexibility index (Phi) is 18.9. The van der Waals surface area contributed by atoms with E-state index in [9.17, 15) is 14.4 Å². The smallest absolute Gasteiger partial charge is 0.550 e. The van der Waals surface area contributed by atoms with E-state index in [2.05, 4.69) is 0 Å². The molecule has 0 fully saturated rings. The first-order valence-corrected chi connectivity index (χ1v) is 4.99. The number of aliphatic carboxylic acids is 5. The Hall–Kier alpha value is -1.43. The standard InChI is InChI=1S/C6H8O7.2C2H4O2.Ca/c7-3(8)1-6(13,5(11)12)2-4(9)10;2*1-2(3)4;/h13H,1-2H2,(H,7,8)(H,9,10)(H,11,12);2*1H3,(H,3,4);/q;;;+2/p-2. The molecule has 0 aromatic carbocycles. The fraction of sp³-hybridized carbons (Fsp3) is 0.500. The number of carbonyl (C=O) groups is 5. The van der Waals surface area contributed by atoms with Crippen molar-refractivity contribution >= 4 is 67.6 Å². The summed E-state index contributed by atoms with van der Waals surface area (Å²) < 4.78 is 0. The van der Waals surface area contributed by atoms with Gasteiger partial charge in [-0.05, 0) is 13.8 Å². The second kappa shape index (κ2) is 14.5. The van der Waals surface area contributed by atoms with Gasteiger partial charge in [0.1, 0.15) is 0 Å². The molecule has 0 rings (SSSR count). The maximum absolute atomic E-state index is 10.3. The molecule has 11 nitrogen and oxygen atoms in total.